The molecule has 0 radical (unpaired) electrons. The van der Waals surface area contributed by atoms with Crippen molar-refractivity contribution >= 4 is 22.9 Å². The van der Waals surface area contributed by atoms with Crippen LogP contribution in [0.1, 0.15) is 16.5 Å². The molecule has 136 valence electrons. The van der Waals surface area contributed by atoms with E-state index in [-0.39, 0.29) is 6.04 Å². The molecule has 25 heavy (non-hydrogen) atoms. The van der Waals surface area contributed by atoms with Crippen LogP contribution in [0.3, 0.4) is 0 Å². The highest BCUT2D eigenvalue weighted by molar-refractivity contribution is 7.16. The van der Waals surface area contributed by atoms with Gasteiger partial charge >= 0.3 is 0 Å². The third kappa shape index (κ3) is 3.87. The summed E-state index contributed by atoms with van der Waals surface area (Å²) in [6.07, 6.45) is 0. The van der Waals surface area contributed by atoms with Gasteiger partial charge < -0.3 is 19.5 Å². The van der Waals surface area contributed by atoms with Gasteiger partial charge in [0.2, 0.25) is 0 Å². The number of ether oxygens (including phenoxy) is 3. The van der Waals surface area contributed by atoms with E-state index < -0.39 is 0 Å². The summed E-state index contributed by atoms with van der Waals surface area (Å²) in [4.78, 5) is 3.64. The lowest BCUT2D eigenvalue weighted by atomic mass is 10.0. The first-order chi connectivity index (χ1) is 12.2. The van der Waals surface area contributed by atoms with Gasteiger partial charge in [-0.15, -0.1) is 11.3 Å². The molecular weight excluding hydrogens is 360 g/mol. The van der Waals surface area contributed by atoms with Crippen molar-refractivity contribution in [1.29, 1.82) is 0 Å². The van der Waals surface area contributed by atoms with Crippen molar-refractivity contribution in [2.45, 2.75) is 6.04 Å². The lowest BCUT2D eigenvalue weighted by molar-refractivity contribution is 0.197. The van der Waals surface area contributed by atoms with E-state index >= 15 is 0 Å². The van der Waals surface area contributed by atoms with Crippen LogP contribution < -0.4 is 19.5 Å². The first-order valence-electron chi connectivity index (χ1n) is 8.17. The molecule has 1 N–H and O–H groups in total. The number of hydrogen-bond donors (Lipinski definition) is 1. The van der Waals surface area contributed by atoms with Crippen molar-refractivity contribution in [3.63, 3.8) is 0 Å². The Bertz CT molecular complexity index is 716. The number of hydrogen-bond acceptors (Lipinski definition) is 6. The van der Waals surface area contributed by atoms with Gasteiger partial charge in [0, 0.05) is 42.7 Å². The third-order valence-corrected chi connectivity index (χ3v) is 5.69. The summed E-state index contributed by atoms with van der Waals surface area (Å²) in [5, 5.41) is 3.41. The lowest BCUT2D eigenvalue weighted by Crippen LogP contribution is -2.45. The van der Waals surface area contributed by atoms with Crippen molar-refractivity contribution < 1.29 is 14.2 Å². The summed E-state index contributed by atoms with van der Waals surface area (Å²) in [7, 11) is 4.96. The number of nitrogens with one attached hydrogen (secondary N) is 1. The molecule has 1 aliphatic heterocycles. The molecule has 1 atom stereocenters. The van der Waals surface area contributed by atoms with Crippen molar-refractivity contribution in [1.82, 2.24) is 10.2 Å². The van der Waals surface area contributed by atoms with Crippen LogP contribution in [-0.2, 0) is 0 Å². The smallest absolute Gasteiger partial charge is 0.164 e. The van der Waals surface area contributed by atoms with Crippen LogP contribution in [0.25, 0.3) is 0 Å². The normalized spacial score (nSPS) is 16.5. The summed E-state index contributed by atoms with van der Waals surface area (Å²) < 4.78 is 17.4. The molecule has 1 unspecified atom stereocenters. The molecule has 1 aliphatic rings. The van der Waals surface area contributed by atoms with E-state index in [4.69, 9.17) is 25.8 Å². The Labute approximate surface area is 157 Å². The fourth-order valence-electron chi connectivity index (χ4n) is 3.21. The number of thiophene rings is 1. The molecule has 1 aromatic heterocycles. The summed E-state index contributed by atoms with van der Waals surface area (Å²) >= 11 is 7.83. The molecule has 0 amide bonds. The maximum Gasteiger partial charge on any atom is 0.164 e. The lowest BCUT2D eigenvalue weighted by Gasteiger charge is -2.35. The molecule has 1 saturated heterocycles. The summed E-state index contributed by atoms with van der Waals surface area (Å²) in [5.74, 6) is 2.14. The molecule has 0 aliphatic carbocycles. The molecule has 2 heterocycles. The Hall–Kier alpha value is -1.47. The highest BCUT2D eigenvalue weighted by Crippen LogP contribution is 2.43. The van der Waals surface area contributed by atoms with Gasteiger partial charge in [0.15, 0.2) is 11.5 Å². The van der Waals surface area contributed by atoms with Gasteiger partial charge in [-0.1, -0.05) is 11.6 Å². The Morgan fingerprint density at radius 3 is 2.20 bits per heavy atom. The highest BCUT2D eigenvalue weighted by atomic mass is 35.5. The molecule has 1 fully saturated rings. The first kappa shape index (κ1) is 18.3. The molecular formula is C18H23ClN2O3S. The van der Waals surface area contributed by atoms with Crippen molar-refractivity contribution in [3.05, 3.63) is 39.0 Å². The van der Waals surface area contributed by atoms with E-state index in [9.17, 15) is 0 Å². The maximum absolute atomic E-state index is 6.22. The molecule has 5 nitrogen and oxygen atoms in total. The van der Waals surface area contributed by atoms with Crippen molar-refractivity contribution in [3.8, 4) is 17.2 Å². The number of rotatable bonds is 6. The minimum atomic E-state index is 0.0642. The number of halogens is 1. The summed E-state index contributed by atoms with van der Waals surface area (Å²) in [5.41, 5.74) is 1.06. The molecule has 2 aromatic rings. The second-order valence-electron chi connectivity index (χ2n) is 5.78. The van der Waals surface area contributed by atoms with Gasteiger partial charge in [0.1, 0.15) is 5.75 Å². The standard InChI is InChI=1S/C18H23ClN2O3S/c1-22-13-11-15(24-3)14(23-2)10-12(13)18(16-4-5-17(19)25-16)21-8-6-20-7-9-21/h4-5,10-11,18,20H,6-9H2,1-3H3. The fourth-order valence-corrected chi connectivity index (χ4v) is 4.43. The maximum atomic E-state index is 6.22. The van der Waals surface area contributed by atoms with Crippen LogP contribution in [0.2, 0.25) is 4.34 Å². The highest BCUT2D eigenvalue weighted by Gasteiger charge is 2.29. The molecule has 7 heteroatoms. The Kier molecular flexibility index (Phi) is 6.06. The fraction of sp³-hybridized carbons (Fsp3) is 0.444. The predicted molar refractivity (Wildman–Crippen MR) is 102 cm³/mol. The first-order valence-corrected chi connectivity index (χ1v) is 9.37. The van der Waals surface area contributed by atoms with E-state index in [2.05, 4.69) is 16.3 Å². The Morgan fingerprint density at radius 1 is 1.00 bits per heavy atom. The number of methoxy groups -OCH3 is 3. The molecule has 1 aromatic carbocycles. The minimum Gasteiger partial charge on any atom is -0.496 e. The zero-order chi connectivity index (χ0) is 17.8. The van der Waals surface area contributed by atoms with E-state index in [1.807, 2.05) is 18.2 Å². The van der Waals surface area contributed by atoms with Crippen LogP contribution >= 0.6 is 22.9 Å². The van der Waals surface area contributed by atoms with Crippen LogP contribution in [0.5, 0.6) is 17.2 Å². The zero-order valence-corrected chi connectivity index (χ0v) is 16.2. The van der Waals surface area contributed by atoms with Gasteiger partial charge in [-0.05, 0) is 18.2 Å². The Morgan fingerprint density at radius 2 is 1.64 bits per heavy atom. The zero-order valence-electron chi connectivity index (χ0n) is 14.7. The van der Waals surface area contributed by atoms with E-state index in [1.165, 1.54) is 4.88 Å². The van der Waals surface area contributed by atoms with Gasteiger partial charge in [0.05, 0.1) is 31.7 Å². The van der Waals surface area contributed by atoms with Crippen LogP contribution in [0.4, 0.5) is 0 Å². The topological polar surface area (TPSA) is 43.0 Å². The minimum absolute atomic E-state index is 0.0642. The van der Waals surface area contributed by atoms with Crippen molar-refractivity contribution in [2.24, 2.45) is 0 Å². The van der Waals surface area contributed by atoms with Gasteiger partial charge in [-0.3, -0.25) is 4.90 Å². The predicted octanol–water partition coefficient (Wildman–Crippen LogP) is 3.42. The molecule has 0 saturated carbocycles. The van der Waals surface area contributed by atoms with Crippen LogP contribution in [-0.4, -0.2) is 52.4 Å². The monoisotopic (exact) mass is 382 g/mol. The van der Waals surface area contributed by atoms with Crippen molar-refractivity contribution in [2.75, 3.05) is 47.5 Å². The van der Waals surface area contributed by atoms with Crippen LogP contribution in [0.15, 0.2) is 24.3 Å². The van der Waals surface area contributed by atoms with Gasteiger partial charge in [-0.2, -0.15) is 0 Å². The van der Waals surface area contributed by atoms with Gasteiger partial charge in [0.25, 0.3) is 0 Å². The quantitative estimate of drug-likeness (QED) is 0.829. The Balaban J connectivity index is 2.11. The van der Waals surface area contributed by atoms with Gasteiger partial charge in [-0.25, -0.2) is 0 Å². The molecule has 3 rings (SSSR count). The average molecular weight is 383 g/mol. The summed E-state index contributed by atoms with van der Waals surface area (Å²) in [6.45, 7) is 3.84. The van der Waals surface area contributed by atoms with E-state index in [1.54, 1.807) is 32.7 Å². The van der Waals surface area contributed by atoms with E-state index in [0.29, 0.717) is 11.5 Å². The number of piperazine rings is 1. The number of benzene rings is 1. The van der Waals surface area contributed by atoms with Crippen LogP contribution in [0, 0.1) is 0 Å². The third-order valence-electron chi connectivity index (χ3n) is 4.41. The van der Waals surface area contributed by atoms with E-state index in [0.717, 1.165) is 41.8 Å². The second kappa shape index (κ2) is 8.27. The molecule has 0 bridgehead atoms. The largest absolute Gasteiger partial charge is 0.496 e. The number of nitrogens with zero attached hydrogens (tertiary/aromatic N) is 1. The molecule has 0 spiro atoms. The summed E-state index contributed by atoms with van der Waals surface area (Å²) in [6, 6.07) is 8.01. The second-order valence-corrected chi connectivity index (χ2v) is 7.53. The SMILES string of the molecule is COc1cc(OC)c(C(c2ccc(Cl)s2)N2CCNCC2)cc1OC. The average Bonchev–Trinajstić information content (AvgIpc) is 3.08.